The van der Waals surface area contributed by atoms with E-state index in [1.54, 1.807) is 11.3 Å². The van der Waals surface area contributed by atoms with Crippen LogP contribution in [0.3, 0.4) is 0 Å². The van der Waals surface area contributed by atoms with E-state index in [9.17, 15) is 4.79 Å². The Balaban J connectivity index is 1.29. The van der Waals surface area contributed by atoms with Gasteiger partial charge in [-0.1, -0.05) is 24.3 Å². The predicted molar refractivity (Wildman–Crippen MR) is 112 cm³/mol. The Kier molecular flexibility index (Phi) is 5.23. The van der Waals surface area contributed by atoms with Gasteiger partial charge in [-0.3, -0.25) is 4.79 Å². The van der Waals surface area contributed by atoms with Crippen molar-refractivity contribution in [1.82, 2.24) is 15.2 Å². The summed E-state index contributed by atoms with van der Waals surface area (Å²) in [6.45, 7) is 7.92. The van der Waals surface area contributed by atoms with Crippen LogP contribution < -0.4 is 5.32 Å². The smallest absolute Gasteiger partial charge is 0.251 e. The first-order valence-electron chi connectivity index (χ1n) is 9.53. The van der Waals surface area contributed by atoms with Crippen LogP contribution in [-0.4, -0.2) is 42.0 Å². The fraction of sp³-hybridized carbons (Fsp3) is 0.364. The van der Waals surface area contributed by atoms with Gasteiger partial charge in [-0.25, -0.2) is 4.98 Å². The quantitative estimate of drug-likeness (QED) is 0.725. The number of amides is 1. The highest BCUT2D eigenvalue weighted by atomic mass is 32.1. The predicted octanol–water partition coefficient (Wildman–Crippen LogP) is 4.13. The first-order chi connectivity index (χ1) is 13.1. The molecule has 2 heterocycles. The minimum Gasteiger partial charge on any atom is -0.351 e. The van der Waals surface area contributed by atoms with Crippen molar-refractivity contribution in [3.8, 4) is 0 Å². The van der Waals surface area contributed by atoms with E-state index in [4.69, 9.17) is 0 Å². The van der Waals surface area contributed by atoms with Gasteiger partial charge in [0.1, 0.15) is 0 Å². The molecule has 0 spiro atoms. The van der Waals surface area contributed by atoms with Gasteiger partial charge in [-0.05, 0) is 62.1 Å². The molecular formula is C22H25N3OS. The molecule has 5 heteroatoms. The largest absolute Gasteiger partial charge is 0.351 e. The number of carbonyl (C=O) groups is 1. The van der Waals surface area contributed by atoms with Gasteiger partial charge in [0.15, 0.2) is 0 Å². The lowest BCUT2D eigenvalue weighted by Crippen LogP contribution is -2.33. The first kappa shape index (κ1) is 18.1. The van der Waals surface area contributed by atoms with Crippen molar-refractivity contribution in [2.75, 3.05) is 26.2 Å². The van der Waals surface area contributed by atoms with Crippen molar-refractivity contribution in [2.24, 2.45) is 0 Å². The Hall–Kier alpha value is -2.24. The molecule has 1 amide bonds. The molecule has 3 aromatic rings. The second-order valence-electron chi connectivity index (χ2n) is 7.31. The Morgan fingerprint density at radius 2 is 2.11 bits per heavy atom. The summed E-state index contributed by atoms with van der Waals surface area (Å²) in [6, 6.07) is 14.4. The number of fused-ring (bicyclic) bond motifs is 1. The maximum atomic E-state index is 12.4. The molecule has 1 saturated heterocycles. The van der Waals surface area contributed by atoms with Gasteiger partial charge in [0.2, 0.25) is 0 Å². The maximum absolute atomic E-state index is 12.4. The molecule has 1 fully saturated rings. The van der Waals surface area contributed by atoms with Crippen LogP contribution in [0.5, 0.6) is 0 Å². The van der Waals surface area contributed by atoms with E-state index in [0.717, 1.165) is 34.9 Å². The van der Waals surface area contributed by atoms with Crippen molar-refractivity contribution in [3.63, 3.8) is 0 Å². The number of hydrogen-bond donors (Lipinski definition) is 1. The standard InChI is InChI=1S/C22H25N3OS/c1-15-5-3-4-6-19(15)18-9-11-25(14-18)12-10-23-22(26)17-7-8-21-20(13-17)24-16(2)27-21/h3-8,13,18H,9-12,14H2,1-2H3,(H,23,26)/t18-/m1/s1. The van der Waals surface area contributed by atoms with Crippen molar-refractivity contribution in [1.29, 1.82) is 0 Å². The monoisotopic (exact) mass is 379 g/mol. The highest BCUT2D eigenvalue weighted by molar-refractivity contribution is 7.18. The summed E-state index contributed by atoms with van der Waals surface area (Å²) in [6.07, 6.45) is 1.19. The zero-order valence-corrected chi connectivity index (χ0v) is 16.7. The van der Waals surface area contributed by atoms with Gasteiger partial charge < -0.3 is 10.2 Å². The molecule has 1 N–H and O–H groups in total. The summed E-state index contributed by atoms with van der Waals surface area (Å²) in [5.74, 6) is 0.592. The number of thiazole rings is 1. The molecule has 4 rings (SSSR count). The lowest BCUT2D eigenvalue weighted by Gasteiger charge is -2.17. The number of carbonyl (C=O) groups excluding carboxylic acids is 1. The third-order valence-corrected chi connectivity index (χ3v) is 6.32. The van der Waals surface area contributed by atoms with Gasteiger partial charge in [-0.2, -0.15) is 0 Å². The number of likely N-dealkylation sites (tertiary alicyclic amines) is 1. The van der Waals surface area contributed by atoms with Crippen LogP contribution >= 0.6 is 11.3 Å². The lowest BCUT2D eigenvalue weighted by atomic mass is 9.94. The van der Waals surface area contributed by atoms with Crippen LogP contribution in [0.25, 0.3) is 10.2 Å². The summed E-state index contributed by atoms with van der Waals surface area (Å²) in [5, 5.41) is 4.09. The average Bonchev–Trinajstić information content (AvgIpc) is 3.27. The molecular weight excluding hydrogens is 354 g/mol. The molecule has 0 bridgehead atoms. The Labute approximate surface area is 164 Å². The minimum atomic E-state index is -0.0165. The fourth-order valence-corrected chi connectivity index (χ4v) is 4.76. The van der Waals surface area contributed by atoms with E-state index in [2.05, 4.69) is 46.4 Å². The summed E-state index contributed by atoms with van der Waals surface area (Å²) >= 11 is 1.66. The topological polar surface area (TPSA) is 45.2 Å². The molecule has 1 atom stereocenters. The molecule has 140 valence electrons. The van der Waals surface area contributed by atoms with Crippen LogP contribution in [-0.2, 0) is 0 Å². The number of rotatable bonds is 5. The van der Waals surface area contributed by atoms with Crippen LogP contribution in [0.2, 0.25) is 0 Å². The summed E-state index contributed by atoms with van der Waals surface area (Å²) in [7, 11) is 0. The van der Waals surface area contributed by atoms with Crippen molar-refractivity contribution < 1.29 is 4.79 Å². The summed E-state index contributed by atoms with van der Waals surface area (Å²) < 4.78 is 1.13. The molecule has 4 nitrogen and oxygen atoms in total. The third kappa shape index (κ3) is 4.04. The normalized spacial score (nSPS) is 17.5. The zero-order chi connectivity index (χ0) is 18.8. The SMILES string of the molecule is Cc1nc2cc(C(=O)NCCN3CC[C@@H](c4ccccc4C)C3)ccc2s1. The van der Waals surface area contributed by atoms with Crippen LogP contribution in [0, 0.1) is 13.8 Å². The molecule has 0 unspecified atom stereocenters. The van der Waals surface area contributed by atoms with E-state index in [0.29, 0.717) is 18.0 Å². The summed E-state index contributed by atoms with van der Waals surface area (Å²) in [5.41, 5.74) is 4.44. The maximum Gasteiger partial charge on any atom is 0.251 e. The Morgan fingerprint density at radius 1 is 1.26 bits per heavy atom. The molecule has 1 aromatic heterocycles. The molecule has 1 aliphatic heterocycles. The molecule has 0 aliphatic carbocycles. The Morgan fingerprint density at radius 3 is 2.96 bits per heavy atom. The van der Waals surface area contributed by atoms with Crippen molar-refractivity contribution in [2.45, 2.75) is 26.2 Å². The van der Waals surface area contributed by atoms with E-state index in [-0.39, 0.29) is 5.91 Å². The van der Waals surface area contributed by atoms with Gasteiger partial charge in [-0.15, -0.1) is 11.3 Å². The van der Waals surface area contributed by atoms with E-state index >= 15 is 0 Å². The number of benzene rings is 2. The van der Waals surface area contributed by atoms with Gasteiger partial charge >= 0.3 is 0 Å². The lowest BCUT2D eigenvalue weighted by molar-refractivity contribution is 0.0950. The first-order valence-corrected chi connectivity index (χ1v) is 10.3. The number of hydrogen-bond acceptors (Lipinski definition) is 4. The Bertz CT molecular complexity index is 965. The van der Waals surface area contributed by atoms with Crippen molar-refractivity contribution in [3.05, 3.63) is 64.2 Å². The second-order valence-corrected chi connectivity index (χ2v) is 8.55. The van der Waals surface area contributed by atoms with Gasteiger partial charge in [0.25, 0.3) is 5.91 Å². The van der Waals surface area contributed by atoms with E-state index < -0.39 is 0 Å². The fourth-order valence-electron chi connectivity index (χ4n) is 3.95. The molecule has 0 saturated carbocycles. The number of nitrogens with one attached hydrogen (secondary N) is 1. The highest BCUT2D eigenvalue weighted by Crippen LogP contribution is 2.29. The molecule has 2 aromatic carbocycles. The average molecular weight is 380 g/mol. The van der Waals surface area contributed by atoms with E-state index in [1.165, 1.54) is 17.5 Å². The third-order valence-electron chi connectivity index (χ3n) is 5.37. The van der Waals surface area contributed by atoms with Crippen molar-refractivity contribution >= 4 is 27.5 Å². The number of aromatic nitrogens is 1. The van der Waals surface area contributed by atoms with Crippen LogP contribution in [0.4, 0.5) is 0 Å². The van der Waals surface area contributed by atoms with Gasteiger partial charge in [0.05, 0.1) is 15.2 Å². The number of aryl methyl sites for hydroxylation is 2. The van der Waals surface area contributed by atoms with Crippen LogP contribution in [0.15, 0.2) is 42.5 Å². The number of nitrogens with zero attached hydrogens (tertiary/aromatic N) is 2. The highest BCUT2D eigenvalue weighted by Gasteiger charge is 2.24. The molecule has 27 heavy (non-hydrogen) atoms. The zero-order valence-electron chi connectivity index (χ0n) is 15.9. The van der Waals surface area contributed by atoms with Gasteiger partial charge in [0, 0.05) is 25.2 Å². The second kappa shape index (κ2) is 7.79. The molecule has 0 radical (unpaired) electrons. The summed E-state index contributed by atoms with van der Waals surface area (Å²) in [4.78, 5) is 19.4. The minimum absolute atomic E-state index is 0.0165. The van der Waals surface area contributed by atoms with Crippen LogP contribution in [0.1, 0.15) is 38.8 Å². The molecule has 1 aliphatic rings. The van der Waals surface area contributed by atoms with E-state index in [1.807, 2.05) is 25.1 Å².